The molecule has 0 fully saturated rings. The highest BCUT2D eigenvalue weighted by atomic mass is 35.5. The molecule has 3 heterocycles. The Bertz CT molecular complexity index is 1070. The third-order valence-corrected chi connectivity index (χ3v) is 5.84. The van der Waals surface area contributed by atoms with Crippen molar-refractivity contribution in [1.29, 1.82) is 0 Å². The predicted molar refractivity (Wildman–Crippen MR) is 102 cm³/mol. The maximum Gasteiger partial charge on any atom is 0.257 e. The molecule has 3 aromatic rings. The standard InChI is InChI=1S/C20H18ClN3O2/c1-24-17-6-3-11(21)9-15(17)20(19(24)25)18-13(7-8-22-20)14-10-12(26-2)4-5-16(14)23-18/h3-6,9-10,22-23H,7-8H2,1-2H3/t20-/m0/s1. The number of carbonyl (C=O) groups excluding carboxylic acids is 1. The van der Waals surface area contributed by atoms with Crippen LogP contribution >= 0.6 is 11.6 Å². The molecular weight excluding hydrogens is 350 g/mol. The number of carbonyl (C=O) groups is 1. The van der Waals surface area contributed by atoms with Crippen molar-refractivity contribution in [3.63, 3.8) is 0 Å². The van der Waals surface area contributed by atoms with E-state index in [0.29, 0.717) is 11.6 Å². The van der Waals surface area contributed by atoms with E-state index in [-0.39, 0.29) is 5.91 Å². The Morgan fingerprint density at radius 2 is 2.08 bits per heavy atom. The van der Waals surface area contributed by atoms with Gasteiger partial charge in [0.25, 0.3) is 5.91 Å². The number of H-pyrrole nitrogens is 1. The smallest absolute Gasteiger partial charge is 0.257 e. The van der Waals surface area contributed by atoms with E-state index in [1.807, 2.05) is 43.4 Å². The number of ether oxygens (including phenoxy) is 1. The highest BCUT2D eigenvalue weighted by Gasteiger charge is 2.54. The van der Waals surface area contributed by atoms with Crippen LogP contribution in [0, 0.1) is 0 Å². The summed E-state index contributed by atoms with van der Waals surface area (Å²) in [4.78, 5) is 18.6. The number of likely N-dealkylation sites (N-methyl/N-ethyl adjacent to an activating group) is 1. The first kappa shape index (κ1) is 15.7. The molecule has 0 radical (unpaired) electrons. The zero-order valence-corrected chi connectivity index (χ0v) is 15.3. The number of hydrogen-bond acceptors (Lipinski definition) is 3. The molecule has 0 bridgehead atoms. The van der Waals surface area contributed by atoms with Gasteiger partial charge in [0.1, 0.15) is 5.75 Å². The van der Waals surface area contributed by atoms with E-state index in [9.17, 15) is 4.79 Å². The largest absolute Gasteiger partial charge is 0.497 e. The average molecular weight is 368 g/mol. The van der Waals surface area contributed by atoms with Crippen LogP contribution < -0.4 is 15.0 Å². The van der Waals surface area contributed by atoms with Crippen molar-refractivity contribution in [2.45, 2.75) is 12.0 Å². The van der Waals surface area contributed by atoms with Crippen molar-refractivity contribution in [2.75, 3.05) is 25.6 Å². The number of aromatic amines is 1. The van der Waals surface area contributed by atoms with E-state index in [2.05, 4.69) is 10.3 Å². The number of halogens is 1. The molecule has 2 N–H and O–H groups in total. The highest BCUT2D eigenvalue weighted by Crippen LogP contribution is 2.48. The zero-order valence-electron chi connectivity index (χ0n) is 14.5. The van der Waals surface area contributed by atoms with E-state index in [1.165, 1.54) is 0 Å². The Morgan fingerprint density at radius 1 is 1.23 bits per heavy atom. The number of hydrogen-bond donors (Lipinski definition) is 2. The van der Waals surface area contributed by atoms with Gasteiger partial charge in [-0.1, -0.05) is 11.6 Å². The van der Waals surface area contributed by atoms with Crippen molar-refractivity contribution in [3.8, 4) is 5.75 Å². The van der Waals surface area contributed by atoms with E-state index in [1.54, 1.807) is 12.0 Å². The molecule has 132 valence electrons. The molecule has 0 saturated heterocycles. The number of benzene rings is 2. The van der Waals surface area contributed by atoms with Crippen LogP contribution in [0.3, 0.4) is 0 Å². The second-order valence-corrected chi connectivity index (χ2v) is 7.28. The lowest BCUT2D eigenvalue weighted by atomic mass is 9.82. The van der Waals surface area contributed by atoms with Crippen LogP contribution in [0.25, 0.3) is 10.9 Å². The molecule has 5 rings (SSSR count). The monoisotopic (exact) mass is 367 g/mol. The normalized spacial score (nSPS) is 21.3. The Kier molecular flexibility index (Phi) is 3.18. The van der Waals surface area contributed by atoms with E-state index in [4.69, 9.17) is 16.3 Å². The van der Waals surface area contributed by atoms with Crippen LogP contribution in [0.5, 0.6) is 5.75 Å². The Morgan fingerprint density at radius 3 is 2.88 bits per heavy atom. The van der Waals surface area contributed by atoms with Crippen LogP contribution in [-0.2, 0) is 16.8 Å². The molecule has 26 heavy (non-hydrogen) atoms. The fourth-order valence-corrected chi connectivity index (χ4v) is 4.56. The molecular formula is C20H18ClN3O2. The minimum atomic E-state index is -0.922. The number of amides is 1. The number of methoxy groups -OCH3 is 1. The van der Waals surface area contributed by atoms with Gasteiger partial charge in [-0.15, -0.1) is 0 Å². The summed E-state index contributed by atoms with van der Waals surface area (Å²) >= 11 is 6.28. The van der Waals surface area contributed by atoms with Gasteiger partial charge in [-0.05, 0) is 48.4 Å². The first-order valence-corrected chi connectivity index (χ1v) is 8.96. The Labute approximate surface area is 155 Å². The summed E-state index contributed by atoms with van der Waals surface area (Å²) in [5, 5.41) is 5.22. The number of nitrogens with one attached hydrogen (secondary N) is 2. The zero-order chi connectivity index (χ0) is 18.1. The Balaban J connectivity index is 1.84. The molecule has 0 saturated carbocycles. The second-order valence-electron chi connectivity index (χ2n) is 6.84. The Hall–Kier alpha value is -2.50. The van der Waals surface area contributed by atoms with Gasteiger partial charge in [-0.3, -0.25) is 10.1 Å². The summed E-state index contributed by atoms with van der Waals surface area (Å²) < 4.78 is 5.39. The summed E-state index contributed by atoms with van der Waals surface area (Å²) in [6, 6.07) is 11.6. The SMILES string of the molecule is COc1ccc2[nH]c3c(c2c1)CCN[C@]31C(=O)N(C)c2ccc(Cl)cc21. The van der Waals surface area contributed by atoms with Gasteiger partial charge < -0.3 is 14.6 Å². The predicted octanol–water partition coefficient (Wildman–Crippen LogP) is 3.20. The molecule has 1 spiro atoms. The average Bonchev–Trinajstić information content (AvgIpc) is 3.12. The van der Waals surface area contributed by atoms with Crippen LogP contribution in [0.4, 0.5) is 5.69 Å². The van der Waals surface area contributed by atoms with Crippen LogP contribution in [0.15, 0.2) is 36.4 Å². The highest BCUT2D eigenvalue weighted by molar-refractivity contribution is 6.31. The molecule has 2 aliphatic heterocycles. The lowest BCUT2D eigenvalue weighted by Gasteiger charge is -2.34. The second kappa shape index (κ2) is 5.25. The number of nitrogens with zero attached hydrogens (tertiary/aromatic N) is 1. The quantitative estimate of drug-likeness (QED) is 0.694. The summed E-state index contributed by atoms with van der Waals surface area (Å²) in [6.07, 6.45) is 0.844. The fourth-order valence-electron chi connectivity index (χ4n) is 4.39. The number of aromatic nitrogens is 1. The lowest BCUT2D eigenvalue weighted by Crippen LogP contribution is -2.54. The third kappa shape index (κ3) is 1.82. The van der Waals surface area contributed by atoms with Gasteiger partial charge >= 0.3 is 0 Å². The first-order chi connectivity index (χ1) is 12.6. The molecule has 1 amide bonds. The van der Waals surface area contributed by atoms with Gasteiger partial charge in [-0.2, -0.15) is 0 Å². The van der Waals surface area contributed by atoms with Gasteiger partial charge in [0, 0.05) is 40.8 Å². The van der Waals surface area contributed by atoms with E-state index >= 15 is 0 Å². The summed E-state index contributed by atoms with van der Waals surface area (Å²) in [5.74, 6) is 0.819. The maximum atomic E-state index is 13.4. The van der Waals surface area contributed by atoms with Crippen molar-refractivity contribution < 1.29 is 9.53 Å². The van der Waals surface area contributed by atoms with Gasteiger partial charge in [0.2, 0.25) is 0 Å². The summed E-state index contributed by atoms with van der Waals surface area (Å²) in [6.45, 7) is 0.711. The van der Waals surface area contributed by atoms with Crippen molar-refractivity contribution in [1.82, 2.24) is 10.3 Å². The molecule has 5 nitrogen and oxygen atoms in total. The van der Waals surface area contributed by atoms with Gasteiger partial charge in [0.15, 0.2) is 5.54 Å². The minimum Gasteiger partial charge on any atom is -0.497 e. The van der Waals surface area contributed by atoms with E-state index in [0.717, 1.165) is 45.6 Å². The van der Waals surface area contributed by atoms with Crippen molar-refractivity contribution in [3.05, 3.63) is 58.2 Å². The van der Waals surface area contributed by atoms with Crippen LogP contribution in [-0.4, -0.2) is 31.6 Å². The number of rotatable bonds is 1. The molecule has 6 heteroatoms. The van der Waals surface area contributed by atoms with Crippen molar-refractivity contribution in [2.24, 2.45) is 0 Å². The minimum absolute atomic E-state index is 0.00855. The number of fused-ring (bicyclic) bond motifs is 6. The van der Waals surface area contributed by atoms with Crippen LogP contribution in [0.1, 0.15) is 16.8 Å². The van der Waals surface area contributed by atoms with Crippen molar-refractivity contribution >= 4 is 34.1 Å². The summed E-state index contributed by atoms with van der Waals surface area (Å²) in [7, 11) is 3.47. The third-order valence-electron chi connectivity index (χ3n) is 5.60. The molecule has 0 aliphatic carbocycles. The van der Waals surface area contributed by atoms with E-state index < -0.39 is 5.54 Å². The molecule has 0 unspecified atom stereocenters. The fraction of sp³-hybridized carbons (Fsp3) is 0.250. The maximum absolute atomic E-state index is 13.4. The van der Waals surface area contributed by atoms with Gasteiger partial charge in [-0.25, -0.2) is 0 Å². The molecule has 1 aromatic heterocycles. The first-order valence-electron chi connectivity index (χ1n) is 8.58. The molecule has 1 atom stereocenters. The topological polar surface area (TPSA) is 57.4 Å². The number of anilines is 1. The molecule has 2 aromatic carbocycles. The van der Waals surface area contributed by atoms with Crippen LogP contribution in [0.2, 0.25) is 5.02 Å². The lowest BCUT2D eigenvalue weighted by molar-refractivity contribution is -0.122. The van der Waals surface area contributed by atoms with Gasteiger partial charge in [0.05, 0.1) is 12.8 Å². The summed E-state index contributed by atoms with van der Waals surface area (Å²) in [5.41, 5.74) is 3.93. The molecule has 2 aliphatic rings.